The molecule has 2 aliphatic rings. The average molecular weight is 635 g/mol. The summed E-state index contributed by atoms with van der Waals surface area (Å²) >= 11 is 0. The van der Waals surface area contributed by atoms with Crippen LogP contribution < -0.4 is 9.62 Å². The standard InChI is InChI=1S/C35H36F2N2O5S/c1-3-30(40)32-28-19-27(24-6-4-7-25(18-24)35(41)38-33(21-8-9-21)22-10-11-22)29(39(17-5-16-36)45(2,42)43)20-31(28)44-34(32)23-12-14-26(37)15-13-23/h4,6-7,12-15,18-22,33H,3,5,8-11,16-17H2,1-2H3,(H,38,41). The number of anilines is 1. The molecule has 0 atom stereocenters. The maximum Gasteiger partial charge on any atom is 0.251 e. The molecule has 1 amide bonds. The van der Waals surface area contributed by atoms with Gasteiger partial charge in [-0.05, 0) is 92.0 Å². The number of carbonyl (C=O) groups excluding carboxylic acids is 2. The van der Waals surface area contributed by atoms with E-state index in [9.17, 15) is 26.8 Å². The zero-order valence-electron chi connectivity index (χ0n) is 25.3. The van der Waals surface area contributed by atoms with E-state index in [4.69, 9.17) is 4.42 Å². The van der Waals surface area contributed by atoms with Crippen LogP contribution in [0.4, 0.5) is 14.5 Å². The SMILES string of the molecule is CCC(=O)c1c(-c2ccc(F)cc2)oc2cc(N(CCCF)S(C)(=O)=O)c(-c3cccc(C(=O)NC(C4CC4)C4CC4)c3)cc12. The van der Waals surface area contributed by atoms with E-state index in [0.29, 0.717) is 45.0 Å². The number of halogens is 2. The number of amides is 1. The van der Waals surface area contributed by atoms with Gasteiger partial charge >= 0.3 is 0 Å². The van der Waals surface area contributed by atoms with Crippen LogP contribution in [0, 0.1) is 17.7 Å². The lowest BCUT2D eigenvalue weighted by molar-refractivity contribution is 0.0925. The topological polar surface area (TPSA) is 96.7 Å². The van der Waals surface area contributed by atoms with Gasteiger partial charge < -0.3 is 9.73 Å². The van der Waals surface area contributed by atoms with Gasteiger partial charge in [0, 0.05) is 47.2 Å². The number of ketones is 1. The molecular formula is C35H36F2N2O5S. The molecule has 45 heavy (non-hydrogen) atoms. The zero-order valence-corrected chi connectivity index (χ0v) is 26.1. The lowest BCUT2D eigenvalue weighted by atomic mass is 9.95. The number of nitrogens with one attached hydrogen (secondary N) is 1. The first-order valence-electron chi connectivity index (χ1n) is 15.4. The van der Waals surface area contributed by atoms with Crippen molar-refractivity contribution in [3.8, 4) is 22.5 Å². The molecule has 7 nitrogen and oxygen atoms in total. The minimum absolute atomic E-state index is 0.0325. The second-order valence-corrected chi connectivity index (χ2v) is 14.0. The number of fused-ring (bicyclic) bond motifs is 1. The van der Waals surface area contributed by atoms with Crippen LogP contribution >= 0.6 is 0 Å². The molecule has 1 N–H and O–H groups in total. The Balaban J connectivity index is 1.52. The Labute approximate surface area is 261 Å². The second kappa shape index (κ2) is 12.4. The first kappa shape index (κ1) is 31.0. The molecule has 0 unspecified atom stereocenters. The highest BCUT2D eigenvalue weighted by Crippen LogP contribution is 2.45. The fourth-order valence-corrected chi connectivity index (χ4v) is 7.06. The quantitative estimate of drug-likeness (QED) is 0.153. The molecule has 0 saturated heterocycles. The summed E-state index contributed by atoms with van der Waals surface area (Å²) in [6, 6.07) is 15.9. The lowest BCUT2D eigenvalue weighted by Gasteiger charge is -2.25. The van der Waals surface area contributed by atoms with Gasteiger partial charge in [0.15, 0.2) is 5.78 Å². The van der Waals surface area contributed by atoms with Crippen molar-refractivity contribution in [2.24, 2.45) is 11.8 Å². The van der Waals surface area contributed by atoms with Gasteiger partial charge in [0.2, 0.25) is 10.0 Å². The Kier molecular flexibility index (Phi) is 8.52. The normalized spacial score (nSPS) is 15.0. The van der Waals surface area contributed by atoms with Crippen molar-refractivity contribution in [3.05, 3.63) is 77.6 Å². The van der Waals surface area contributed by atoms with Crippen LogP contribution in [-0.2, 0) is 10.0 Å². The Bertz CT molecular complexity index is 1850. The van der Waals surface area contributed by atoms with E-state index in [2.05, 4.69) is 5.32 Å². The molecule has 2 fully saturated rings. The van der Waals surface area contributed by atoms with E-state index in [-0.39, 0.29) is 54.1 Å². The van der Waals surface area contributed by atoms with E-state index in [1.807, 2.05) is 0 Å². The van der Waals surface area contributed by atoms with Crippen LogP contribution in [0.3, 0.4) is 0 Å². The number of hydrogen-bond donors (Lipinski definition) is 1. The van der Waals surface area contributed by atoms with Crippen molar-refractivity contribution < 1.29 is 31.2 Å². The summed E-state index contributed by atoms with van der Waals surface area (Å²) < 4.78 is 60.6. The third-order valence-electron chi connectivity index (χ3n) is 8.67. The van der Waals surface area contributed by atoms with Crippen LogP contribution in [0.1, 0.15) is 66.2 Å². The highest BCUT2D eigenvalue weighted by atomic mass is 32.2. The Morgan fingerprint density at radius 1 is 1.00 bits per heavy atom. The van der Waals surface area contributed by atoms with Gasteiger partial charge in [-0.2, -0.15) is 0 Å². The number of hydrogen-bond acceptors (Lipinski definition) is 5. The number of nitrogens with zero attached hydrogens (tertiary/aromatic N) is 1. The molecule has 0 spiro atoms. The molecule has 10 heteroatoms. The summed E-state index contributed by atoms with van der Waals surface area (Å²) in [5.74, 6) is 0.442. The third-order valence-corrected chi connectivity index (χ3v) is 9.85. The van der Waals surface area contributed by atoms with Crippen molar-refractivity contribution in [3.63, 3.8) is 0 Å². The Hall–Kier alpha value is -4.05. The molecule has 0 bridgehead atoms. The van der Waals surface area contributed by atoms with E-state index < -0.39 is 22.5 Å². The van der Waals surface area contributed by atoms with E-state index in [1.54, 1.807) is 43.3 Å². The van der Waals surface area contributed by atoms with Gasteiger partial charge in [0.25, 0.3) is 5.91 Å². The fraction of sp³-hybridized carbons (Fsp3) is 0.371. The number of alkyl halides is 1. The average Bonchev–Trinajstić information content (AvgIpc) is 3.96. The van der Waals surface area contributed by atoms with Crippen LogP contribution in [0.5, 0.6) is 0 Å². The molecule has 1 heterocycles. The zero-order chi connectivity index (χ0) is 31.9. The monoisotopic (exact) mass is 634 g/mol. The summed E-state index contributed by atoms with van der Waals surface area (Å²) in [4.78, 5) is 26.8. The van der Waals surface area contributed by atoms with Crippen LogP contribution in [0.15, 0.2) is 65.1 Å². The molecule has 0 radical (unpaired) electrons. The second-order valence-electron chi connectivity index (χ2n) is 12.1. The molecule has 2 saturated carbocycles. The Morgan fingerprint density at radius 2 is 1.69 bits per heavy atom. The summed E-state index contributed by atoms with van der Waals surface area (Å²) in [6.07, 6.45) is 5.67. The molecule has 6 rings (SSSR count). The maximum atomic E-state index is 13.8. The molecule has 4 aromatic rings. The summed E-state index contributed by atoms with van der Waals surface area (Å²) in [5.41, 5.74) is 2.71. The maximum absolute atomic E-state index is 13.8. The van der Waals surface area contributed by atoms with Gasteiger partial charge in [-0.15, -0.1) is 0 Å². The Morgan fingerprint density at radius 3 is 2.29 bits per heavy atom. The number of carbonyl (C=O) groups is 2. The largest absolute Gasteiger partial charge is 0.455 e. The highest BCUT2D eigenvalue weighted by molar-refractivity contribution is 7.92. The molecule has 0 aliphatic heterocycles. The van der Waals surface area contributed by atoms with Crippen molar-refractivity contribution in [1.29, 1.82) is 0 Å². The molecule has 2 aliphatic carbocycles. The lowest BCUT2D eigenvalue weighted by Crippen LogP contribution is -2.38. The molecular weight excluding hydrogens is 598 g/mol. The minimum atomic E-state index is -3.88. The highest BCUT2D eigenvalue weighted by Gasteiger charge is 2.42. The minimum Gasteiger partial charge on any atom is -0.455 e. The summed E-state index contributed by atoms with van der Waals surface area (Å²) in [5, 5.41) is 3.69. The first-order chi connectivity index (χ1) is 21.6. The number of Topliss-reactive ketones (excluding diaryl/α,β-unsaturated/α-hetero) is 1. The molecule has 1 aromatic heterocycles. The predicted octanol–water partition coefficient (Wildman–Crippen LogP) is 7.54. The molecule has 3 aromatic carbocycles. The number of benzene rings is 3. The van der Waals surface area contributed by atoms with Gasteiger partial charge in [0.1, 0.15) is 17.2 Å². The van der Waals surface area contributed by atoms with Crippen molar-refractivity contribution in [1.82, 2.24) is 5.32 Å². The van der Waals surface area contributed by atoms with E-state index >= 15 is 0 Å². The van der Waals surface area contributed by atoms with Crippen LogP contribution in [-0.4, -0.2) is 45.6 Å². The van der Waals surface area contributed by atoms with E-state index in [0.717, 1.165) is 36.2 Å². The fourth-order valence-electron chi connectivity index (χ4n) is 6.09. The number of sulfonamides is 1. The van der Waals surface area contributed by atoms with Crippen LogP contribution in [0.2, 0.25) is 0 Å². The van der Waals surface area contributed by atoms with Gasteiger partial charge in [-0.25, -0.2) is 12.8 Å². The molecule has 236 valence electrons. The summed E-state index contributed by atoms with van der Waals surface area (Å²) in [7, 11) is -3.88. The number of furan rings is 1. The van der Waals surface area contributed by atoms with Crippen LogP contribution in [0.25, 0.3) is 33.4 Å². The van der Waals surface area contributed by atoms with Crippen molar-refractivity contribution in [2.75, 3.05) is 23.8 Å². The van der Waals surface area contributed by atoms with Gasteiger partial charge in [-0.1, -0.05) is 19.1 Å². The summed E-state index contributed by atoms with van der Waals surface area (Å²) in [6.45, 7) is 0.893. The van der Waals surface area contributed by atoms with Crippen molar-refractivity contribution in [2.45, 2.75) is 51.5 Å². The van der Waals surface area contributed by atoms with Gasteiger partial charge in [0.05, 0.1) is 24.2 Å². The smallest absolute Gasteiger partial charge is 0.251 e. The number of rotatable bonds is 13. The predicted molar refractivity (Wildman–Crippen MR) is 171 cm³/mol. The first-order valence-corrected chi connectivity index (χ1v) is 17.3. The third kappa shape index (κ3) is 6.52. The van der Waals surface area contributed by atoms with Crippen molar-refractivity contribution >= 4 is 38.4 Å². The van der Waals surface area contributed by atoms with E-state index in [1.165, 1.54) is 24.3 Å². The van der Waals surface area contributed by atoms with Gasteiger partial charge in [-0.3, -0.25) is 18.3 Å².